The van der Waals surface area contributed by atoms with E-state index in [2.05, 4.69) is 11.2 Å². The van der Waals surface area contributed by atoms with Crippen molar-refractivity contribution < 1.29 is 4.79 Å². The lowest BCUT2D eigenvalue weighted by atomic mass is 9.88. The van der Waals surface area contributed by atoms with Gasteiger partial charge in [0.1, 0.15) is 0 Å². The first-order chi connectivity index (χ1) is 6.55. The molecule has 1 aliphatic carbocycles. The molecule has 0 aromatic rings. The minimum absolute atomic E-state index is 0.132. The van der Waals surface area contributed by atoms with Gasteiger partial charge in [0.25, 0.3) is 0 Å². The zero-order chi connectivity index (χ0) is 10.6. The fraction of sp³-hybridized carbons (Fsp3) is 0.750. The number of carbonyl (C=O) groups excluding carboxylic acids is 1. The number of carbonyl (C=O) groups is 1. The average molecular weight is 193 g/mol. The third-order valence-electron chi connectivity index (χ3n) is 2.77. The number of hydrogen-bond acceptors (Lipinski definition) is 1. The molecule has 0 unspecified atom stereocenters. The van der Waals surface area contributed by atoms with Crippen LogP contribution in [0.4, 0.5) is 0 Å². The first-order valence-electron chi connectivity index (χ1n) is 5.35. The molecule has 14 heavy (non-hydrogen) atoms. The average Bonchev–Trinajstić information content (AvgIpc) is 2.19. The third kappa shape index (κ3) is 3.06. The lowest BCUT2D eigenvalue weighted by Crippen LogP contribution is -2.45. The van der Waals surface area contributed by atoms with E-state index in [1.165, 1.54) is 19.3 Å². The highest BCUT2D eigenvalue weighted by molar-refractivity contribution is 5.79. The predicted octanol–water partition coefficient (Wildman–Crippen LogP) is 2.09. The monoisotopic (exact) mass is 193 g/mol. The zero-order valence-electron chi connectivity index (χ0n) is 9.10. The molecule has 2 heteroatoms. The Morgan fingerprint density at radius 2 is 1.93 bits per heavy atom. The molecule has 0 aromatic heterocycles. The number of nitrogens with one attached hydrogen (secondary N) is 1. The van der Waals surface area contributed by atoms with Gasteiger partial charge in [-0.1, -0.05) is 25.2 Å². The Kier molecular flexibility index (Phi) is 3.57. The van der Waals surface area contributed by atoms with Crippen LogP contribution >= 0.6 is 0 Å². The van der Waals surface area contributed by atoms with E-state index in [1.54, 1.807) is 0 Å². The second-order valence-electron chi connectivity index (χ2n) is 4.59. The number of hydrogen-bond donors (Lipinski definition) is 1. The van der Waals surface area contributed by atoms with Crippen LogP contribution < -0.4 is 5.32 Å². The van der Waals surface area contributed by atoms with Crippen LogP contribution in [-0.2, 0) is 4.79 Å². The Morgan fingerprint density at radius 3 is 2.43 bits per heavy atom. The van der Waals surface area contributed by atoms with Crippen LogP contribution in [0.15, 0.2) is 0 Å². The van der Waals surface area contributed by atoms with Crippen molar-refractivity contribution >= 4 is 5.91 Å². The minimum Gasteiger partial charge on any atom is -0.340 e. The quantitative estimate of drug-likeness (QED) is 0.668. The second-order valence-corrected chi connectivity index (χ2v) is 4.59. The lowest BCUT2D eigenvalue weighted by Gasteiger charge is -2.26. The lowest BCUT2D eigenvalue weighted by molar-refractivity contribution is -0.127. The molecule has 1 saturated carbocycles. The van der Waals surface area contributed by atoms with Crippen molar-refractivity contribution in [1.29, 1.82) is 0 Å². The van der Waals surface area contributed by atoms with Crippen LogP contribution in [0.2, 0.25) is 0 Å². The van der Waals surface area contributed by atoms with Gasteiger partial charge in [-0.15, -0.1) is 6.42 Å². The van der Waals surface area contributed by atoms with Gasteiger partial charge < -0.3 is 5.32 Å². The molecule has 1 aliphatic rings. The highest BCUT2D eigenvalue weighted by atomic mass is 16.2. The molecule has 0 heterocycles. The molecule has 0 aliphatic heterocycles. The van der Waals surface area contributed by atoms with E-state index in [9.17, 15) is 4.79 Å². The fourth-order valence-electron chi connectivity index (χ4n) is 1.81. The minimum atomic E-state index is -0.505. The standard InChI is InChI=1S/C12H19NO/c1-4-12(2,3)13-11(14)10-8-6-5-7-9-10/h1,10H,5-9H2,2-3H3,(H,13,14). The molecule has 1 fully saturated rings. The summed E-state index contributed by atoms with van der Waals surface area (Å²) in [5.41, 5.74) is -0.505. The van der Waals surface area contributed by atoms with Gasteiger partial charge in [0.2, 0.25) is 5.91 Å². The normalized spacial score (nSPS) is 18.6. The summed E-state index contributed by atoms with van der Waals surface area (Å²) in [5.74, 6) is 2.90. The third-order valence-corrected chi connectivity index (χ3v) is 2.77. The predicted molar refractivity (Wildman–Crippen MR) is 57.6 cm³/mol. The van der Waals surface area contributed by atoms with Crippen LogP contribution in [0, 0.1) is 18.3 Å². The molecular weight excluding hydrogens is 174 g/mol. The smallest absolute Gasteiger partial charge is 0.224 e. The maximum atomic E-state index is 11.8. The van der Waals surface area contributed by atoms with Crippen LogP contribution in [0.1, 0.15) is 46.0 Å². The van der Waals surface area contributed by atoms with E-state index in [0.717, 1.165) is 12.8 Å². The van der Waals surface area contributed by atoms with Crippen molar-refractivity contribution in [3.63, 3.8) is 0 Å². The summed E-state index contributed by atoms with van der Waals surface area (Å²) in [6.45, 7) is 3.71. The van der Waals surface area contributed by atoms with Gasteiger partial charge in [0.15, 0.2) is 0 Å². The molecule has 78 valence electrons. The Bertz CT molecular complexity index is 244. The Labute approximate surface area is 86.5 Å². The first-order valence-corrected chi connectivity index (χ1v) is 5.35. The zero-order valence-corrected chi connectivity index (χ0v) is 9.10. The van der Waals surface area contributed by atoms with Crippen LogP contribution in [0.3, 0.4) is 0 Å². The van der Waals surface area contributed by atoms with Crippen molar-refractivity contribution in [1.82, 2.24) is 5.32 Å². The van der Waals surface area contributed by atoms with E-state index in [-0.39, 0.29) is 11.8 Å². The summed E-state index contributed by atoms with van der Waals surface area (Å²) in [5, 5.41) is 2.90. The van der Waals surface area contributed by atoms with E-state index in [1.807, 2.05) is 13.8 Å². The van der Waals surface area contributed by atoms with E-state index in [4.69, 9.17) is 6.42 Å². The van der Waals surface area contributed by atoms with Gasteiger partial charge in [-0.2, -0.15) is 0 Å². The summed E-state index contributed by atoms with van der Waals surface area (Å²) in [6.07, 6.45) is 11.0. The number of amides is 1. The molecule has 2 nitrogen and oxygen atoms in total. The van der Waals surface area contributed by atoms with Gasteiger partial charge >= 0.3 is 0 Å². The molecule has 0 bridgehead atoms. The molecular formula is C12H19NO. The molecule has 0 aromatic carbocycles. The van der Waals surface area contributed by atoms with Crippen LogP contribution in [0.25, 0.3) is 0 Å². The summed E-state index contributed by atoms with van der Waals surface area (Å²) < 4.78 is 0. The topological polar surface area (TPSA) is 29.1 Å². The highest BCUT2D eigenvalue weighted by Gasteiger charge is 2.25. The molecule has 0 saturated heterocycles. The van der Waals surface area contributed by atoms with Crippen LogP contribution in [-0.4, -0.2) is 11.4 Å². The fourth-order valence-corrected chi connectivity index (χ4v) is 1.81. The molecule has 0 atom stereocenters. The van der Waals surface area contributed by atoms with Crippen molar-refractivity contribution in [2.45, 2.75) is 51.5 Å². The van der Waals surface area contributed by atoms with Crippen molar-refractivity contribution in [2.24, 2.45) is 5.92 Å². The summed E-state index contributed by atoms with van der Waals surface area (Å²) in [4.78, 5) is 11.8. The van der Waals surface area contributed by atoms with E-state index in [0.29, 0.717) is 0 Å². The first kappa shape index (κ1) is 11.1. The van der Waals surface area contributed by atoms with Gasteiger partial charge in [-0.05, 0) is 26.7 Å². The number of rotatable bonds is 2. The van der Waals surface area contributed by atoms with Crippen molar-refractivity contribution in [2.75, 3.05) is 0 Å². The Morgan fingerprint density at radius 1 is 1.36 bits per heavy atom. The van der Waals surface area contributed by atoms with Crippen molar-refractivity contribution in [3.05, 3.63) is 0 Å². The van der Waals surface area contributed by atoms with Gasteiger partial charge in [0, 0.05) is 5.92 Å². The highest BCUT2D eigenvalue weighted by Crippen LogP contribution is 2.24. The summed E-state index contributed by atoms with van der Waals surface area (Å²) in [6, 6.07) is 0. The summed E-state index contributed by atoms with van der Waals surface area (Å²) in [7, 11) is 0. The maximum Gasteiger partial charge on any atom is 0.224 e. The second kappa shape index (κ2) is 4.50. The van der Waals surface area contributed by atoms with Gasteiger partial charge in [0.05, 0.1) is 5.54 Å². The maximum absolute atomic E-state index is 11.8. The Balaban J connectivity index is 2.45. The molecule has 1 N–H and O–H groups in total. The molecule has 0 spiro atoms. The SMILES string of the molecule is C#CC(C)(C)NC(=O)C1CCCCC1. The molecule has 0 radical (unpaired) electrons. The Hall–Kier alpha value is -0.970. The largest absolute Gasteiger partial charge is 0.340 e. The summed E-state index contributed by atoms with van der Waals surface area (Å²) >= 11 is 0. The molecule has 1 rings (SSSR count). The van der Waals surface area contributed by atoms with Crippen molar-refractivity contribution in [3.8, 4) is 12.3 Å². The van der Waals surface area contributed by atoms with Gasteiger partial charge in [-0.25, -0.2) is 0 Å². The van der Waals surface area contributed by atoms with E-state index >= 15 is 0 Å². The van der Waals surface area contributed by atoms with E-state index < -0.39 is 5.54 Å². The number of terminal acetylenes is 1. The van der Waals surface area contributed by atoms with Gasteiger partial charge in [-0.3, -0.25) is 4.79 Å². The molecule has 1 amide bonds. The van der Waals surface area contributed by atoms with Crippen LogP contribution in [0.5, 0.6) is 0 Å².